The lowest BCUT2D eigenvalue weighted by Crippen LogP contribution is -2.51. The third-order valence-corrected chi connectivity index (χ3v) is 3.51. The predicted molar refractivity (Wildman–Crippen MR) is 85.9 cm³/mol. The third kappa shape index (κ3) is 4.38. The molecule has 1 fully saturated rings. The molecular weight excluding hydrogens is 357 g/mol. The van der Waals surface area contributed by atoms with E-state index in [2.05, 4.69) is 15.6 Å². The summed E-state index contributed by atoms with van der Waals surface area (Å²) in [4.78, 5) is 4.18. The molecule has 0 aliphatic heterocycles. The highest BCUT2D eigenvalue weighted by molar-refractivity contribution is 14.0. The molecule has 0 spiro atoms. The number of ether oxygens (including phenoxy) is 1. The van der Waals surface area contributed by atoms with Crippen LogP contribution in [0.4, 0.5) is 0 Å². The minimum absolute atomic E-state index is 0. The first-order valence-corrected chi connectivity index (χ1v) is 6.30. The smallest absolute Gasteiger partial charge is 0.191 e. The van der Waals surface area contributed by atoms with Crippen LogP contribution in [-0.2, 0) is 11.3 Å². The highest BCUT2D eigenvalue weighted by Gasteiger charge is 2.36. The highest BCUT2D eigenvalue weighted by Crippen LogP contribution is 2.34. The predicted octanol–water partition coefficient (Wildman–Crippen LogP) is 2.13. The number of halogens is 1. The third-order valence-electron chi connectivity index (χ3n) is 3.51. The first-order valence-electron chi connectivity index (χ1n) is 6.30. The largest absolute Gasteiger partial charge is 0.467 e. The second-order valence-electron chi connectivity index (χ2n) is 4.60. The Kier molecular flexibility index (Phi) is 6.64. The van der Waals surface area contributed by atoms with Crippen molar-refractivity contribution >= 4 is 29.9 Å². The average molecular weight is 379 g/mol. The maximum atomic E-state index is 5.56. The molecule has 1 aliphatic carbocycles. The van der Waals surface area contributed by atoms with Gasteiger partial charge in [-0.25, -0.2) is 0 Å². The molecule has 0 unspecified atom stereocenters. The molecule has 0 radical (unpaired) electrons. The van der Waals surface area contributed by atoms with Crippen LogP contribution >= 0.6 is 24.0 Å². The van der Waals surface area contributed by atoms with Gasteiger partial charge in [0.1, 0.15) is 5.76 Å². The summed E-state index contributed by atoms with van der Waals surface area (Å²) in [6, 6.07) is 3.81. The molecule has 2 N–H and O–H groups in total. The van der Waals surface area contributed by atoms with Crippen LogP contribution in [0.3, 0.4) is 0 Å². The van der Waals surface area contributed by atoms with Crippen molar-refractivity contribution in [3.05, 3.63) is 24.2 Å². The molecule has 1 aromatic heterocycles. The molecule has 0 atom stereocenters. The first kappa shape index (κ1) is 16.3. The normalized spacial score (nSPS) is 17.3. The van der Waals surface area contributed by atoms with E-state index in [0.717, 1.165) is 31.1 Å². The Hall–Kier alpha value is -0.760. The van der Waals surface area contributed by atoms with Crippen molar-refractivity contribution < 1.29 is 9.15 Å². The lowest BCUT2D eigenvalue weighted by Gasteiger charge is -2.40. The van der Waals surface area contributed by atoms with Gasteiger partial charge in [0.05, 0.1) is 18.4 Å². The number of aliphatic imine (C=N–C) groups is 1. The van der Waals surface area contributed by atoms with Gasteiger partial charge >= 0.3 is 0 Å². The number of nitrogens with zero attached hydrogens (tertiary/aromatic N) is 1. The number of hydrogen-bond donors (Lipinski definition) is 2. The van der Waals surface area contributed by atoms with Crippen LogP contribution in [0.2, 0.25) is 0 Å². The summed E-state index contributed by atoms with van der Waals surface area (Å²) < 4.78 is 10.8. The van der Waals surface area contributed by atoms with Gasteiger partial charge in [-0.1, -0.05) is 0 Å². The fourth-order valence-corrected chi connectivity index (χ4v) is 2.07. The lowest BCUT2D eigenvalue weighted by molar-refractivity contribution is -0.0666. The van der Waals surface area contributed by atoms with Crippen molar-refractivity contribution in [2.45, 2.75) is 31.4 Å². The van der Waals surface area contributed by atoms with E-state index in [9.17, 15) is 0 Å². The summed E-state index contributed by atoms with van der Waals surface area (Å²) in [5, 5.41) is 6.50. The molecule has 0 amide bonds. The Morgan fingerprint density at radius 2 is 2.26 bits per heavy atom. The lowest BCUT2D eigenvalue weighted by atomic mass is 9.80. The van der Waals surface area contributed by atoms with E-state index in [1.807, 2.05) is 12.1 Å². The molecule has 6 heteroatoms. The summed E-state index contributed by atoms with van der Waals surface area (Å²) in [5.74, 6) is 1.66. The molecule has 0 bridgehead atoms. The second-order valence-corrected chi connectivity index (χ2v) is 4.60. The summed E-state index contributed by atoms with van der Waals surface area (Å²) in [7, 11) is 3.54. The Morgan fingerprint density at radius 3 is 2.74 bits per heavy atom. The summed E-state index contributed by atoms with van der Waals surface area (Å²) in [6.07, 6.45) is 5.15. The van der Waals surface area contributed by atoms with Gasteiger partial charge in [-0.2, -0.15) is 0 Å². The van der Waals surface area contributed by atoms with Crippen molar-refractivity contribution in [1.29, 1.82) is 0 Å². The Morgan fingerprint density at radius 1 is 1.47 bits per heavy atom. The minimum Gasteiger partial charge on any atom is -0.467 e. The van der Waals surface area contributed by atoms with Gasteiger partial charge in [-0.05, 0) is 31.4 Å². The Balaban J connectivity index is 0.00000180. The maximum Gasteiger partial charge on any atom is 0.191 e. The standard InChI is InChI=1S/C13H21N3O2.HI/c1-14-12(15-9-11-5-3-8-18-11)16-10-13(17-2)6-4-7-13;/h3,5,8H,4,6-7,9-10H2,1-2H3,(H2,14,15,16);1H. The molecule has 19 heavy (non-hydrogen) atoms. The number of rotatable bonds is 5. The van der Waals surface area contributed by atoms with Gasteiger partial charge in [0, 0.05) is 20.7 Å². The van der Waals surface area contributed by atoms with Crippen LogP contribution in [0.25, 0.3) is 0 Å². The van der Waals surface area contributed by atoms with E-state index in [1.165, 1.54) is 6.42 Å². The summed E-state index contributed by atoms with van der Waals surface area (Å²) in [6.45, 7) is 1.42. The van der Waals surface area contributed by atoms with Crippen molar-refractivity contribution in [1.82, 2.24) is 10.6 Å². The van der Waals surface area contributed by atoms with Gasteiger partial charge in [0.15, 0.2) is 5.96 Å². The quantitative estimate of drug-likeness (QED) is 0.468. The minimum atomic E-state index is 0. The van der Waals surface area contributed by atoms with Crippen LogP contribution < -0.4 is 10.6 Å². The van der Waals surface area contributed by atoms with E-state index < -0.39 is 0 Å². The van der Waals surface area contributed by atoms with Crippen molar-refractivity contribution in [2.75, 3.05) is 20.7 Å². The first-order chi connectivity index (χ1) is 8.78. The van der Waals surface area contributed by atoms with E-state index in [0.29, 0.717) is 6.54 Å². The van der Waals surface area contributed by atoms with Crippen LogP contribution in [0.15, 0.2) is 27.8 Å². The number of methoxy groups -OCH3 is 1. The Labute approximate surface area is 131 Å². The monoisotopic (exact) mass is 379 g/mol. The molecule has 108 valence electrons. The number of guanidine groups is 1. The molecule has 1 aliphatic rings. The SMILES string of the molecule is CN=C(NCc1ccco1)NCC1(OC)CCC1.I. The van der Waals surface area contributed by atoms with Crippen molar-refractivity contribution in [2.24, 2.45) is 4.99 Å². The molecule has 1 heterocycles. The van der Waals surface area contributed by atoms with Crippen LogP contribution in [0.5, 0.6) is 0 Å². The zero-order chi connectivity index (χ0) is 12.8. The van der Waals surface area contributed by atoms with Crippen LogP contribution in [-0.4, -0.2) is 32.3 Å². The maximum absolute atomic E-state index is 5.56. The Bertz CT molecular complexity index is 383. The molecule has 5 nitrogen and oxygen atoms in total. The molecule has 0 aromatic carbocycles. The zero-order valence-electron chi connectivity index (χ0n) is 11.4. The van der Waals surface area contributed by atoms with Crippen LogP contribution in [0, 0.1) is 0 Å². The average Bonchev–Trinajstić information content (AvgIpc) is 2.85. The fraction of sp³-hybridized carbons (Fsp3) is 0.615. The van der Waals surface area contributed by atoms with Crippen molar-refractivity contribution in [3.8, 4) is 0 Å². The summed E-state index contributed by atoms with van der Waals surface area (Å²) >= 11 is 0. The van der Waals surface area contributed by atoms with Gasteiger partial charge in [-0.3, -0.25) is 4.99 Å². The zero-order valence-corrected chi connectivity index (χ0v) is 13.8. The molecule has 0 saturated heterocycles. The van der Waals surface area contributed by atoms with Gasteiger partial charge in [0.2, 0.25) is 0 Å². The van der Waals surface area contributed by atoms with E-state index in [4.69, 9.17) is 9.15 Å². The number of furan rings is 1. The van der Waals surface area contributed by atoms with Gasteiger partial charge in [0.25, 0.3) is 0 Å². The fourth-order valence-electron chi connectivity index (χ4n) is 2.07. The molecule has 1 aromatic rings. The number of nitrogens with one attached hydrogen (secondary N) is 2. The van der Waals surface area contributed by atoms with E-state index in [1.54, 1.807) is 20.4 Å². The summed E-state index contributed by atoms with van der Waals surface area (Å²) in [5.41, 5.74) is 0.00228. The second kappa shape index (κ2) is 7.74. The molecule has 1 saturated carbocycles. The topological polar surface area (TPSA) is 58.8 Å². The number of hydrogen-bond acceptors (Lipinski definition) is 3. The molecular formula is C13H22IN3O2. The van der Waals surface area contributed by atoms with Gasteiger partial charge in [-0.15, -0.1) is 24.0 Å². The highest BCUT2D eigenvalue weighted by atomic mass is 127. The molecule has 2 rings (SSSR count). The van der Waals surface area contributed by atoms with Crippen molar-refractivity contribution in [3.63, 3.8) is 0 Å². The van der Waals surface area contributed by atoms with Crippen LogP contribution in [0.1, 0.15) is 25.0 Å². The van der Waals surface area contributed by atoms with E-state index in [-0.39, 0.29) is 29.6 Å². The van der Waals surface area contributed by atoms with Gasteiger partial charge < -0.3 is 19.8 Å². The van der Waals surface area contributed by atoms with E-state index >= 15 is 0 Å².